The zero-order chi connectivity index (χ0) is 14.4. The van der Waals surface area contributed by atoms with Gasteiger partial charge in [-0.1, -0.05) is 11.8 Å². The topological polar surface area (TPSA) is 29.5 Å². The van der Waals surface area contributed by atoms with Crippen molar-refractivity contribution >= 4 is 11.3 Å². The van der Waals surface area contributed by atoms with Gasteiger partial charge in [0.2, 0.25) is 0 Å². The lowest BCUT2D eigenvalue weighted by Gasteiger charge is -2.04. The third-order valence-electron chi connectivity index (χ3n) is 2.34. The van der Waals surface area contributed by atoms with Gasteiger partial charge >= 0.3 is 0 Å². The number of hydrogen-bond donors (Lipinski definition) is 1. The summed E-state index contributed by atoms with van der Waals surface area (Å²) in [7, 11) is 0. The minimum absolute atomic E-state index is 0.0399. The Morgan fingerprint density at radius 1 is 1.15 bits per heavy atom. The molecule has 0 bridgehead atoms. The summed E-state index contributed by atoms with van der Waals surface area (Å²) >= 11 is 1.46. The molecule has 5 heteroatoms. The van der Waals surface area contributed by atoms with Crippen LogP contribution in [-0.4, -0.2) is 11.7 Å². The van der Waals surface area contributed by atoms with Gasteiger partial charge in [-0.15, -0.1) is 11.3 Å². The monoisotopic (exact) mass is 294 g/mol. The minimum atomic E-state index is -0.665. The fourth-order valence-corrected chi connectivity index (χ4v) is 2.24. The van der Waals surface area contributed by atoms with Crippen LogP contribution in [0.3, 0.4) is 0 Å². The van der Waals surface area contributed by atoms with Crippen molar-refractivity contribution in [1.82, 2.24) is 0 Å². The van der Waals surface area contributed by atoms with Crippen LogP contribution in [0, 0.1) is 23.5 Å². The van der Waals surface area contributed by atoms with Gasteiger partial charge in [0, 0.05) is 40.4 Å². The molecule has 0 amide bonds. The molecule has 0 unspecified atom stereocenters. The van der Waals surface area contributed by atoms with Gasteiger partial charge in [-0.25, -0.2) is 8.78 Å². The van der Waals surface area contributed by atoms with E-state index in [-0.39, 0.29) is 19.0 Å². The Hall–Kier alpha value is -1.90. The summed E-state index contributed by atoms with van der Waals surface area (Å²) in [6, 6.07) is 4.93. The first-order valence-electron chi connectivity index (χ1n) is 5.93. The van der Waals surface area contributed by atoms with E-state index in [1.807, 2.05) is 11.4 Å². The van der Waals surface area contributed by atoms with Crippen LogP contribution in [0.2, 0.25) is 0 Å². The van der Waals surface area contributed by atoms with E-state index < -0.39 is 11.6 Å². The van der Waals surface area contributed by atoms with Crippen molar-refractivity contribution in [3.8, 4) is 17.6 Å². The Bertz CT molecular complexity index is 621. The third kappa shape index (κ3) is 4.34. The predicted molar refractivity (Wildman–Crippen MR) is 73.6 cm³/mol. The molecule has 104 valence electrons. The summed E-state index contributed by atoms with van der Waals surface area (Å²) in [5.41, 5.74) is 0.840. The zero-order valence-corrected chi connectivity index (χ0v) is 11.3. The molecule has 2 aromatic rings. The van der Waals surface area contributed by atoms with Crippen LogP contribution in [0.5, 0.6) is 5.75 Å². The zero-order valence-electron chi connectivity index (χ0n) is 10.5. The van der Waals surface area contributed by atoms with Crippen molar-refractivity contribution in [2.24, 2.45) is 0 Å². The second-order valence-electron chi connectivity index (χ2n) is 3.97. The fraction of sp³-hybridized carbons (Fsp3) is 0.200. The largest absolute Gasteiger partial charge is 0.488 e. The van der Waals surface area contributed by atoms with E-state index in [2.05, 4.69) is 11.8 Å². The Morgan fingerprint density at radius 2 is 1.90 bits per heavy atom. The Kier molecular flexibility index (Phi) is 5.10. The first-order valence-corrected chi connectivity index (χ1v) is 6.81. The molecule has 1 heterocycles. The van der Waals surface area contributed by atoms with Gasteiger partial charge < -0.3 is 9.84 Å². The standard InChI is InChI=1S/C15H12F2O2S/c16-12-6-13(17)8-14(7-12)19-9-15-5-11(10-20-15)3-1-2-4-18/h5-8,10,18H,2,4,9H2. The number of aliphatic hydroxyl groups excluding tert-OH is 1. The molecular formula is C15H12F2O2S. The highest BCUT2D eigenvalue weighted by molar-refractivity contribution is 7.10. The Balaban J connectivity index is 1.96. The second-order valence-corrected chi connectivity index (χ2v) is 4.97. The molecule has 0 saturated carbocycles. The molecule has 2 rings (SSSR count). The van der Waals surface area contributed by atoms with Gasteiger partial charge in [0.15, 0.2) is 0 Å². The summed E-state index contributed by atoms with van der Waals surface area (Å²) < 4.78 is 31.3. The van der Waals surface area contributed by atoms with Crippen molar-refractivity contribution in [1.29, 1.82) is 0 Å². The maximum Gasteiger partial charge on any atom is 0.129 e. The summed E-state index contributed by atoms with van der Waals surface area (Å²) in [4.78, 5) is 0.906. The van der Waals surface area contributed by atoms with Crippen LogP contribution >= 0.6 is 11.3 Å². The van der Waals surface area contributed by atoms with Gasteiger partial charge in [0.05, 0.1) is 6.61 Å². The number of rotatable bonds is 4. The van der Waals surface area contributed by atoms with Crippen molar-refractivity contribution < 1.29 is 18.6 Å². The average Bonchev–Trinajstić information content (AvgIpc) is 2.84. The molecule has 20 heavy (non-hydrogen) atoms. The van der Waals surface area contributed by atoms with E-state index in [9.17, 15) is 8.78 Å². The molecular weight excluding hydrogens is 282 g/mol. The maximum atomic E-state index is 13.0. The number of ether oxygens (including phenoxy) is 1. The number of halogens is 2. The van der Waals surface area contributed by atoms with Gasteiger partial charge in [-0.2, -0.15) is 0 Å². The van der Waals surface area contributed by atoms with Crippen LogP contribution in [0.15, 0.2) is 29.6 Å². The normalized spacial score (nSPS) is 9.95. The summed E-state index contributed by atoms with van der Waals surface area (Å²) in [5.74, 6) is 4.55. The Morgan fingerprint density at radius 3 is 2.60 bits per heavy atom. The van der Waals surface area contributed by atoms with Crippen LogP contribution in [0.4, 0.5) is 8.78 Å². The highest BCUT2D eigenvalue weighted by Gasteiger charge is 2.03. The smallest absolute Gasteiger partial charge is 0.129 e. The fourth-order valence-electron chi connectivity index (χ4n) is 1.51. The molecule has 0 atom stereocenters. The minimum Gasteiger partial charge on any atom is -0.488 e. The van der Waals surface area contributed by atoms with Gasteiger partial charge in [0.1, 0.15) is 24.0 Å². The second kappa shape index (κ2) is 7.04. The quantitative estimate of drug-likeness (QED) is 0.876. The van der Waals surface area contributed by atoms with Gasteiger partial charge in [-0.05, 0) is 6.07 Å². The SMILES string of the molecule is OCCC#Cc1csc(COc2cc(F)cc(F)c2)c1. The van der Waals surface area contributed by atoms with Crippen LogP contribution < -0.4 is 4.74 Å². The first-order chi connectivity index (χ1) is 9.67. The Labute approximate surface area is 119 Å². The highest BCUT2D eigenvalue weighted by Crippen LogP contribution is 2.19. The van der Waals surface area contributed by atoms with E-state index in [1.165, 1.54) is 11.3 Å². The molecule has 2 nitrogen and oxygen atoms in total. The van der Waals surface area contributed by atoms with E-state index >= 15 is 0 Å². The molecule has 0 aliphatic carbocycles. The number of aliphatic hydroxyl groups is 1. The summed E-state index contributed by atoms with van der Waals surface area (Å²) in [5, 5.41) is 10.5. The van der Waals surface area contributed by atoms with Gasteiger partial charge in [-0.3, -0.25) is 0 Å². The molecule has 1 aromatic heterocycles. The molecule has 0 saturated heterocycles. The maximum absolute atomic E-state index is 13.0. The molecule has 1 N–H and O–H groups in total. The molecule has 0 fully saturated rings. The lowest BCUT2D eigenvalue weighted by molar-refractivity contribution is 0.305. The highest BCUT2D eigenvalue weighted by atomic mass is 32.1. The van der Waals surface area contributed by atoms with Crippen molar-refractivity contribution in [3.05, 3.63) is 51.7 Å². The average molecular weight is 294 g/mol. The molecule has 0 aliphatic heterocycles. The molecule has 0 spiro atoms. The van der Waals surface area contributed by atoms with Crippen molar-refractivity contribution in [2.75, 3.05) is 6.61 Å². The van der Waals surface area contributed by atoms with Crippen LogP contribution in [0.1, 0.15) is 16.9 Å². The van der Waals surface area contributed by atoms with Gasteiger partial charge in [0.25, 0.3) is 0 Å². The number of benzene rings is 1. The predicted octanol–water partition coefficient (Wildman–Crippen LogP) is 3.34. The molecule has 0 aliphatic rings. The van der Waals surface area contributed by atoms with Crippen LogP contribution in [-0.2, 0) is 6.61 Å². The molecule has 0 radical (unpaired) electrons. The number of hydrogen-bond acceptors (Lipinski definition) is 3. The van der Waals surface area contributed by atoms with E-state index in [4.69, 9.17) is 9.84 Å². The molecule has 1 aromatic carbocycles. The van der Waals surface area contributed by atoms with E-state index in [0.717, 1.165) is 28.6 Å². The first kappa shape index (κ1) is 14.5. The van der Waals surface area contributed by atoms with Crippen molar-refractivity contribution in [3.63, 3.8) is 0 Å². The lowest BCUT2D eigenvalue weighted by atomic mass is 10.3. The van der Waals surface area contributed by atoms with Crippen LogP contribution in [0.25, 0.3) is 0 Å². The van der Waals surface area contributed by atoms with E-state index in [0.29, 0.717) is 6.42 Å². The lowest BCUT2D eigenvalue weighted by Crippen LogP contribution is -1.94. The summed E-state index contributed by atoms with van der Waals surface area (Å²) in [6.45, 7) is 0.271. The van der Waals surface area contributed by atoms with Crippen molar-refractivity contribution in [2.45, 2.75) is 13.0 Å². The third-order valence-corrected chi connectivity index (χ3v) is 3.25. The summed E-state index contributed by atoms with van der Waals surface area (Å²) in [6.07, 6.45) is 0.435. The number of thiophene rings is 1. The van der Waals surface area contributed by atoms with E-state index in [1.54, 1.807) is 0 Å².